The van der Waals surface area contributed by atoms with E-state index >= 15 is 0 Å². The van der Waals surface area contributed by atoms with Gasteiger partial charge in [-0.05, 0) is 18.2 Å². The highest BCUT2D eigenvalue weighted by molar-refractivity contribution is 5.28. The molecule has 1 fully saturated rings. The Balaban J connectivity index is 1.62. The number of methoxy groups -OCH3 is 1. The molecule has 1 aromatic carbocycles. The van der Waals surface area contributed by atoms with E-state index in [0.29, 0.717) is 13.2 Å². The van der Waals surface area contributed by atoms with Crippen molar-refractivity contribution in [3.05, 3.63) is 54.6 Å². The first kappa shape index (κ1) is 15.2. The fourth-order valence-corrected chi connectivity index (χ4v) is 2.44. The molecule has 0 radical (unpaired) electrons. The van der Waals surface area contributed by atoms with Crippen LogP contribution < -0.4 is 4.74 Å². The van der Waals surface area contributed by atoms with Crippen molar-refractivity contribution in [2.45, 2.75) is 24.8 Å². The maximum Gasteiger partial charge on any atom is 0.184 e. The number of fused-ring (bicyclic) bond motifs is 1. The molecule has 118 valence electrons. The van der Waals surface area contributed by atoms with Crippen molar-refractivity contribution < 1.29 is 23.7 Å². The van der Waals surface area contributed by atoms with Crippen molar-refractivity contribution >= 4 is 0 Å². The molecule has 2 aliphatic rings. The molecule has 0 spiro atoms. The fraction of sp³-hybridized carbons (Fsp3) is 0.412. The van der Waals surface area contributed by atoms with Gasteiger partial charge in [-0.2, -0.15) is 0 Å². The van der Waals surface area contributed by atoms with Gasteiger partial charge in [0.1, 0.15) is 18.0 Å². The van der Waals surface area contributed by atoms with Gasteiger partial charge in [-0.25, -0.2) is 0 Å². The van der Waals surface area contributed by atoms with Gasteiger partial charge in [0.25, 0.3) is 0 Å². The summed E-state index contributed by atoms with van der Waals surface area (Å²) >= 11 is 0. The molecular formula is C17H20O5. The molecule has 1 aromatic rings. The van der Waals surface area contributed by atoms with E-state index in [2.05, 4.69) is 6.58 Å². The SMILES string of the molecule is C=CCO[C@H]1C=C[C@@H]2O[C@H](c3ccc(OC)cc3)OC[C@H]2O1. The van der Waals surface area contributed by atoms with Crippen LogP contribution in [-0.2, 0) is 18.9 Å². The highest BCUT2D eigenvalue weighted by Crippen LogP contribution is 2.31. The lowest BCUT2D eigenvalue weighted by molar-refractivity contribution is -0.282. The van der Waals surface area contributed by atoms with E-state index in [1.807, 2.05) is 36.4 Å². The van der Waals surface area contributed by atoms with Crippen LogP contribution in [0.3, 0.4) is 0 Å². The first-order valence-electron chi connectivity index (χ1n) is 7.27. The molecule has 0 saturated carbocycles. The van der Waals surface area contributed by atoms with Crippen LogP contribution in [0.2, 0.25) is 0 Å². The van der Waals surface area contributed by atoms with E-state index in [0.717, 1.165) is 11.3 Å². The zero-order chi connectivity index (χ0) is 15.4. The summed E-state index contributed by atoms with van der Waals surface area (Å²) in [6.07, 6.45) is 4.47. The van der Waals surface area contributed by atoms with Gasteiger partial charge in [0.05, 0.1) is 20.3 Å². The van der Waals surface area contributed by atoms with Crippen LogP contribution in [0.1, 0.15) is 11.9 Å². The van der Waals surface area contributed by atoms with Crippen molar-refractivity contribution in [1.29, 1.82) is 0 Å². The summed E-state index contributed by atoms with van der Waals surface area (Å²) in [6.45, 7) is 4.52. The average molecular weight is 304 g/mol. The molecule has 5 nitrogen and oxygen atoms in total. The first-order valence-corrected chi connectivity index (χ1v) is 7.27. The minimum atomic E-state index is -0.397. The highest BCUT2D eigenvalue weighted by atomic mass is 16.7. The smallest absolute Gasteiger partial charge is 0.184 e. The Morgan fingerprint density at radius 2 is 2.05 bits per heavy atom. The van der Waals surface area contributed by atoms with Gasteiger partial charge in [0.15, 0.2) is 12.6 Å². The van der Waals surface area contributed by atoms with Crippen LogP contribution in [0.15, 0.2) is 49.1 Å². The summed E-state index contributed by atoms with van der Waals surface area (Å²) in [5.74, 6) is 0.806. The number of rotatable bonds is 5. The topological polar surface area (TPSA) is 46.2 Å². The second-order valence-corrected chi connectivity index (χ2v) is 5.09. The number of hydrogen-bond donors (Lipinski definition) is 0. The van der Waals surface area contributed by atoms with E-state index in [1.54, 1.807) is 13.2 Å². The molecule has 0 N–H and O–H groups in total. The summed E-state index contributed by atoms with van der Waals surface area (Å²) in [7, 11) is 1.64. The third-order valence-corrected chi connectivity index (χ3v) is 3.59. The van der Waals surface area contributed by atoms with Gasteiger partial charge in [-0.15, -0.1) is 6.58 Å². The van der Waals surface area contributed by atoms with Gasteiger partial charge < -0.3 is 23.7 Å². The molecule has 1 saturated heterocycles. The predicted octanol–water partition coefficient (Wildman–Crippen LogP) is 2.59. The van der Waals surface area contributed by atoms with E-state index in [9.17, 15) is 0 Å². The Hall–Kier alpha value is -1.66. The predicted molar refractivity (Wildman–Crippen MR) is 80.5 cm³/mol. The third-order valence-electron chi connectivity index (χ3n) is 3.59. The van der Waals surface area contributed by atoms with E-state index < -0.39 is 6.29 Å². The van der Waals surface area contributed by atoms with Gasteiger partial charge in [-0.3, -0.25) is 0 Å². The molecular weight excluding hydrogens is 284 g/mol. The van der Waals surface area contributed by atoms with Crippen LogP contribution >= 0.6 is 0 Å². The highest BCUT2D eigenvalue weighted by Gasteiger charge is 2.35. The Morgan fingerprint density at radius 3 is 2.77 bits per heavy atom. The molecule has 3 rings (SSSR count). The van der Waals surface area contributed by atoms with E-state index in [4.69, 9.17) is 23.7 Å². The third kappa shape index (κ3) is 3.39. The van der Waals surface area contributed by atoms with Gasteiger partial charge in [0, 0.05) is 5.56 Å². The molecule has 2 aliphatic heterocycles. The Morgan fingerprint density at radius 1 is 1.23 bits per heavy atom. The average Bonchev–Trinajstić information content (AvgIpc) is 2.59. The lowest BCUT2D eigenvalue weighted by Gasteiger charge is -2.38. The van der Waals surface area contributed by atoms with Gasteiger partial charge in [0.2, 0.25) is 0 Å². The molecule has 0 aliphatic carbocycles. The quantitative estimate of drug-likeness (QED) is 0.783. The number of ether oxygens (including phenoxy) is 5. The standard InChI is InChI=1S/C17H20O5/c1-3-10-19-16-9-8-14-15(21-16)11-20-17(22-14)12-4-6-13(18-2)7-5-12/h3-9,14-17H,1,10-11H2,2H3/t14-,15+,16+,17+/m0/s1. The molecule has 0 aromatic heterocycles. The van der Waals surface area contributed by atoms with Crippen molar-refractivity contribution in [3.8, 4) is 5.75 Å². The zero-order valence-corrected chi connectivity index (χ0v) is 12.5. The number of hydrogen-bond acceptors (Lipinski definition) is 5. The van der Waals surface area contributed by atoms with Gasteiger partial charge in [-0.1, -0.05) is 24.3 Å². The summed E-state index contributed by atoms with van der Waals surface area (Å²) in [5.41, 5.74) is 0.956. The van der Waals surface area contributed by atoms with Crippen molar-refractivity contribution in [3.63, 3.8) is 0 Å². The Bertz CT molecular complexity index is 524. The monoisotopic (exact) mass is 304 g/mol. The van der Waals surface area contributed by atoms with Crippen LogP contribution in [0.4, 0.5) is 0 Å². The van der Waals surface area contributed by atoms with Crippen LogP contribution in [-0.4, -0.2) is 38.8 Å². The molecule has 2 heterocycles. The maximum absolute atomic E-state index is 5.95. The molecule has 0 amide bonds. The Kier molecular flexibility index (Phi) is 4.90. The lowest BCUT2D eigenvalue weighted by atomic mass is 10.1. The second kappa shape index (κ2) is 7.07. The summed E-state index contributed by atoms with van der Waals surface area (Å²) in [5, 5.41) is 0. The molecule has 4 atom stereocenters. The molecule has 22 heavy (non-hydrogen) atoms. The first-order chi connectivity index (χ1) is 10.8. The van der Waals surface area contributed by atoms with E-state index in [1.165, 1.54) is 0 Å². The number of benzene rings is 1. The van der Waals surface area contributed by atoms with Crippen LogP contribution in [0.5, 0.6) is 5.75 Å². The fourth-order valence-electron chi connectivity index (χ4n) is 2.44. The molecule has 0 bridgehead atoms. The molecule has 0 unspecified atom stereocenters. The van der Waals surface area contributed by atoms with Crippen LogP contribution in [0.25, 0.3) is 0 Å². The minimum Gasteiger partial charge on any atom is -0.497 e. The largest absolute Gasteiger partial charge is 0.497 e. The summed E-state index contributed by atoms with van der Waals surface area (Å²) in [6, 6.07) is 7.65. The van der Waals surface area contributed by atoms with Crippen molar-refractivity contribution in [1.82, 2.24) is 0 Å². The summed E-state index contributed by atoms with van der Waals surface area (Å²) < 4.78 is 28.1. The minimum absolute atomic E-state index is 0.135. The van der Waals surface area contributed by atoms with E-state index in [-0.39, 0.29) is 18.5 Å². The molecule has 5 heteroatoms. The maximum atomic E-state index is 5.95. The lowest BCUT2D eigenvalue weighted by Crippen LogP contribution is -2.45. The Labute approximate surface area is 130 Å². The van der Waals surface area contributed by atoms with Crippen molar-refractivity contribution in [2.75, 3.05) is 20.3 Å². The normalized spacial score (nSPS) is 30.6. The van der Waals surface area contributed by atoms with Gasteiger partial charge >= 0.3 is 0 Å². The summed E-state index contributed by atoms with van der Waals surface area (Å²) in [4.78, 5) is 0. The zero-order valence-electron chi connectivity index (χ0n) is 12.5. The second-order valence-electron chi connectivity index (χ2n) is 5.09. The van der Waals surface area contributed by atoms with Crippen molar-refractivity contribution in [2.24, 2.45) is 0 Å². The van der Waals surface area contributed by atoms with Crippen LogP contribution in [0, 0.1) is 0 Å².